The minimum Gasteiger partial charge on any atom is -0.377 e. The zero-order valence-corrected chi connectivity index (χ0v) is 15.9. The predicted molar refractivity (Wildman–Crippen MR) is 110 cm³/mol. The van der Waals surface area contributed by atoms with E-state index in [1.165, 1.54) is 16.5 Å². The van der Waals surface area contributed by atoms with E-state index in [2.05, 4.69) is 75.2 Å². The third-order valence-electron chi connectivity index (χ3n) is 5.37. The molecule has 6 heteroatoms. The van der Waals surface area contributed by atoms with E-state index in [-0.39, 0.29) is 0 Å². The normalized spacial score (nSPS) is 17.3. The molecule has 1 atom stereocenters. The van der Waals surface area contributed by atoms with Gasteiger partial charge in [0.05, 0.1) is 25.5 Å². The number of H-pyrrole nitrogens is 1. The minimum atomic E-state index is 0.304. The number of nitrogens with one attached hydrogen (secondary N) is 1. The molecule has 0 aliphatic carbocycles. The van der Waals surface area contributed by atoms with Gasteiger partial charge in [0.1, 0.15) is 17.3 Å². The fraction of sp³-hybridized carbons (Fsp3) is 0.273. The molecular weight excluding hydrogens is 350 g/mol. The summed E-state index contributed by atoms with van der Waals surface area (Å²) in [6.45, 7) is 4.51. The Morgan fingerprint density at radius 3 is 2.86 bits per heavy atom. The molecule has 28 heavy (non-hydrogen) atoms. The maximum atomic E-state index is 5.63. The average molecular weight is 373 g/mol. The van der Waals surface area contributed by atoms with Crippen molar-refractivity contribution in [1.29, 1.82) is 0 Å². The lowest BCUT2D eigenvalue weighted by atomic mass is 10.0. The first-order valence-corrected chi connectivity index (χ1v) is 9.68. The van der Waals surface area contributed by atoms with Gasteiger partial charge >= 0.3 is 0 Å². The number of rotatable bonds is 4. The molecule has 1 saturated heterocycles. The molecule has 0 bridgehead atoms. The predicted octanol–water partition coefficient (Wildman–Crippen LogP) is 3.56. The van der Waals surface area contributed by atoms with Crippen LogP contribution in [0.25, 0.3) is 16.9 Å². The molecular formula is C22H23N5O. The molecule has 4 aromatic rings. The minimum absolute atomic E-state index is 0.304. The Morgan fingerprint density at radius 2 is 2.07 bits per heavy atom. The average Bonchev–Trinajstić information content (AvgIpc) is 3.38. The first kappa shape index (κ1) is 17.0. The Morgan fingerprint density at radius 1 is 1.18 bits per heavy atom. The number of hydrogen-bond donors (Lipinski definition) is 1. The van der Waals surface area contributed by atoms with Gasteiger partial charge in [-0.15, -0.1) is 0 Å². The topological polar surface area (TPSA) is 59.0 Å². The van der Waals surface area contributed by atoms with Crippen LogP contribution >= 0.6 is 0 Å². The number of anilines is 1. The number of pyridine rings is 1. The highest BCUT2D eigenvalue weighted by molar-refractivity contribution is 5.84. The van der Waals surface area contributed by atoms with E-state index in [9.17, 15) is 0 Å². The Labute approximate surface area is 163 Å². The van der Waals surface area contributed by atoms with Gasteiger partial charge in [-0.2, -0.15) is 5.10 Å². The maximum absolute atomic E-state index is 5.63. The molecule has 4 heterocycles. The van der Waals surface area contributed by atoms with Crippen LogP contribution in [0.1, 0.15) is 18.1 Å². The molecule has 1 aliphatic heterocycles. The standard InChI is InChI=1S/C22H23N5O/c1-16-15-28-12-11-26(16)21-14-18(13-17-5-3-2-4-6-17)19-8-10-27(22(19)24-21)20-7-9-23-25-20/h2-10,14,16H,11-13,15H2,1H3,(H,23,25). The number of fused-ring (bicyclic) bond motifs is 1. The first-order chi connectivity index (χ1) is 13.8. The highest BCUT2D eigenvalue weighted by Gasteiger charge is 2.22. The summed E-state index contributed by atoms with van der Waals surface area (Å²) in [5.74, 6) is 1.93. The van der Waals surface area contributed by atoms with Crippen molar-refractivity contribution in [2.75, 3.05) is 24.7 Å². The van der Waals surface area contributed by atoms with Crippen molar-refractivity contribution >= 4 is 16.9 Å². The van der Waals surface area contributed by atoms with E-state index in [4.69, 9.17) is 9.72 Å². The molecule has 1 aliphatic rings. The SMILES string of the molecule is CC1COCCN1c1cc(Cc2ccccc2)c2ccn(-c3ccn[nH]3)c2n1. The van der Waals surface area contributed by atoms with Gasteiger partial charge in [0.15, 0.2) is 0 Å². The number of hydrogen-bond acceptors (Lipinski definition) is 4. The Kier molecular flexibility index (Phi) is 4.33. The summed E-state index contributed by atoms with van der Waals surface area (Å²) < 4.78 is 7.70. The second kappa shape index (κ2) is 7.13. The van der Waals surface area contributed by atoms with Crippen molar-refractivity contribution in [2.45, 2.75) is 19.4 Å². The Hall–Kier alpha value is -3.12. The van der Waals surface area contributed by atoms with Gasteiger partial charge in [-0.1, -0.05) is 30.3 Å². The van der Waals surface area contributed by atoms with Crippen LogP contribution in [0.2, 0.25) is 0 Å². The molecule has 5 rings (SSSR count). The van der Waals surface area contributed by atoms with E-state index < -0.39 is 0 Å². The molecule has 1 aromatic carbocycles. The van der Waals surface area contributed by atoms with Gasteiger partial charge in [0, 0.05) is 24.2 Å². The van der Waals surface area contributed by atoms with Gasteiger partial charge in [-0.25, -0.2) is 4.98 Å². The van der Waals surface area contributed by atoms with Crippen molar-refractivity contribution in [3.05, 3.63) is 72.1 Å². The second-order valence-corrected chi connectivity index (χ2v) is 7.28. The number of nitrogens with zero attached hydrogens (tertiary/aromatic N) is 4. The van der Waals surface area contributed by atoms with Crippen molar-refractivity contribution in [1.82, 2.24) is 19.7 Å². The maximum Gasteiger partial charge on any atom is 0.148 e. The van der Waals surface area contributed by atoms with Crippen molar-refractivity contribution in [3.63, 3.8) is 0 Å². The van der Waals surface area contributed by atoms with Crippen LogP contribution in [0.3, 0.4) is 0 Å². The first-order valence-electron chi connectivity index (χ1n) is 9.68. The molecule has 1 unspecified atom stereocenters. The smallest absolute Gasteiger partial charge is 0.148 e. The zero-order chi connectivity index (χ0) is 18.9. The van der Waals surface area contributed by atoms with E-state index in [1.54, 1.807) is 6.20 Å². The molecule has 6 nitrogen and oxygen atoms in total. The summed E-state index contributed by atoms with van der Waals surface area (Å²) in [6.07, 6.45) is 4.70. The van der Waals surface area contributed by atoms with Gasteiger partial charge < -0.3 is 9.64 Å². The lowest BCUT2D eigenvalue weighted by molar-refractivity contribution is 0.0985. The lowest BCUT2D eigenvalue weighted by Crippen LogP contribution is -2.44. The van der Waals surface area contributed by atoms with Crippen LogP contribution < -0.4 is 4.90 Å². The summed E-state index contributed by atoms with van der Waals surface area (Å²) in [5.41, 5.74) is 3.53. The van der Waals surface area contributed by atoms with Gasteiger partial charge in [-0.3, -0.25) is 9.67 Å². The van der Waals surface area contributed by atoms with Gasteiger partial charge in [-0.05, 0) is 36.6 Å². The lowest BCUT2D eigenvalue weighted by Gasteiger charge is -2.34. The summed E-state index contributed by atoms with van der Waals surface area (Å²) in [5, 5.41) is 8.32. The number of benzene rings is 1. The van der Waals surface area contributed by atoms with Crippen LogP contribution in [0.5, 0.6) is 0 Å². The zero-order valence-electron chi connectivity index (χ0n) is 15.9. The molecule has 0 spiro atoms. The summed E-state index contributed by atoms with van der Waals surface area (Å²) in [7, 11) is 0. The quantitative estimate of drug-likeness (QED) is 0.594. The van der Waals surface area contributed by atoms with Crippen LogP contribution in [0.4, 0.5) is 5.82 Å². The van der Waals surface area contributed by atoms with Crippen LogP contribution in [-0.4, -0.2) is 45.5 Å². The number of aromatic amines is 1. The fourth-order valence-corrected chi connectivity index (χ4v) is 3.92. The van der Waals surface area contributed by atoms with Gasteiger partial charge in [0.2, 0.25) is 0 Å². The number of ether oxygens (including phenoxy) is 1. The summed E-state index contributed by atoms with van der Waals surface area (Å²) in [4.78, 5) is 7.40. The number of morpholine rings is 1. The third kappa shape index (κ3) is 3.05. The molecule has 0 amide bonds. The molecule has 0 radical (unpaired) electrons. The molecule has 0 saturated carbocycles. The molecule has 1 N–H and O–H groups in total. The summed E-state index contributed by atoms with van der Waals surface area (Å²) in [6, 6.07) is 17.2. The third-order valence-corrected chi connectivity index (χ3v) is 5.37. The van der Waals surface area contributed by atoms with Crippen molar-refractivity contribution in [2.24, 2.45) is 0 Å². The molecule has 142 valence electrons. The van der Waals surface area contributed by atoms with E-state index in [0.29, 0.717) is 6.04 Å². The Bertz CT molecular complexity index is 1070. The second-order valence-electron chi connectivity index (χ2n) is 7.28. The van der Waals surface area contributed by atoms with E-state index in [0.717, 1.165) is 43.5 Å². The highest BCUT2D eigenvalue weighted by atomic mass is 16.5. The summed E-state index contributed by atoms with van der Waals surface area (Å²) >= 11 is 0. The van der Waals surface area contributed by atoms with Crippen LogP contribution in [0, 0.1) is 0 Å². The van der Waals surface area contributed by atoms with Crippen LogP contribution in [0.15, 0.2) is 60.9 Å². The van der Waals surface area contributed by atoms with Crippen molar-refractivity contribution < 1.29 is 4.74 Å². The Balaban J connectivity index is 1.66. The van der Waals surface area contributed by atoms with E-state index >= 15 is 0 Å². The molecule has 1 fully saturated rings. The van der Waals surface area contributed by atoms with Crippen molar-refractivity contribution in [3.8, 4) is 5.82 Å². The number of aromatic nitrogens is 4. The molecule has 3 aromatic heterocycles. The highest BCUT2D eigenvalue weighted by Crippen LogP contribution is 2.29. The van der Waals surface area contributed by atoms with E-state index in [1.807, 2.05) is 6.07 Å². The largest absolute Gasteiger partial charge is 0.377 e. The monoisotopic (exact) mass is 373 g/mol. The van der Waals surface area contributed by atoms with Gasteiger partial charge in [0.25, 0.3) is 0 Å². The van der Waals surface area contributed by atoms with Crippen LogP contribution in [-0.2, 0) is 11.2 Å². The fourth-order valence-electron chi connectivity index (χ4n) is 3.92.